The lowest BCUT2D eigenvalue weighted by molar-refractivity contribution is -0.126. The highest BCUT2D eigenvalue weighted by molar-refractivity contribution is 5.79. The van der Waals surface area contributed by atoms with E-state index in [1.807, 2.05) is 0 Å². The molecule has 6 heteroatoms. The zero-order chi connectivity index (χ0) is 16.4. The smallest absolute Gasteiger partial charge is 0.246 e. The Bertz CT molecular complexity index is 718. The monoisotopic (exact) mass is 319 g/mol. The summed E-state index contributed by atoms with van der Waals surface area (Å²) in [6, 6.07) is 10.2. The molecule has 0 aromatic heterocycles. The molecule has 2 N–H and O–H groups in total. The number of amides is 1. The lowest BCUT2D eigenvalue weighted by Crippen LogP contribution is -2.28. The van der Waals surface area contributed by atoms with E-state index in [1.165, 1.54) is 12.1 Å². The van der Waals surface area contributed by atoms with Gasteiger partial charge in [0.25, 0.3) is 0 Å². The number of rotatable bonds is 4. The van der Waals surface area contributed by atoms with Crippen LogP contribution in [0.1, 0.15) is 6.42 Å². The van der Waals surface area contributed by atoms with E-state index in [0.717, 1.165) is 6.07 Å². The van der Waals surface area contributed by atoms with Crippen LogP contribution in [0.3, 0.4) is 0 Å². The highest BCUT2D eigenvalue weighted by atomic mass is 19.1. The van der Waals surface area contributed by atoms with Crippen LogP contribution in [0, 0.1) is 11.6 Å². The molecule has 1 saturated heterocycles. The van der Waals surface area contributed by atoms with Crippen molar-refractivity contribution in [2.75, 3.05) is 6.61 Å². The van der Waals surface area contributed by atoms with Gasteiger partial charge in [0.05, 0.1) is 6.61 Å². The molecule has 0 saturated carbocycles. The average molecular weight is 319 g/mol. The van der Waals surface area contributed by atoms with Gasteiger partial charge >= 0.3 is 0 Å². The number of primary amides is 1. The Morgan fingerprint density at radius 1 is 1.17 bits per heavy atom. The maximum absolute atomic E-state index is 13.8. The van der Waals surface area contributed by atoms with Crippen LogP contribution in [-0.4, -0.2) is 24.7 Å². The lowest BCUT2D eigenvalue weighted by atomic mass is 10.0. The van der Waals surface area contributed by atoms with Crippen molar-refractivity contribution in [3.63, 3.8) is 0 Å². The molecule has 1 heterocycles. The molecule has 1 fully saturated rings. The summed E-state index contributed by atoms with van der Waals surface area (Å²) >= 11 is 0. The van der Waals surface area contributed by atoms with E-state index in [-0.39, 0.29) is 6.10 Å². The minimum absolute atomic E-state index is 0.249. The fourth-order valence-corrected chi connectivity index (χ4v) is 2.51. The van der Waals surface area contributed by atoms with Crippen LogP contribution >= 0.6 is 0 Å². The van der Waals surface area contributed by atoms with E-state index in [4.69, 9.17) is 15.2 Å². The van der Waals surface area contributed by atoms with Gasteiger partial charge in [-0.1, -0.05) is 12.1 Å². The largest absolute Gasteiger partial charge is 0.488 e. The molecule has 0 spiro atoms. The van der Waals surface area contributed by atoms with E-state index in [0.29, 0.717) is 29.9 Å². The molecular formula is C17H15F2NO3. The van der Waals surface area contributed by atoms with Crippen molar-refractivity contribution in [1.29, 1.82) is 0 Å². The maximum atomic E-state index is 13.8. The average Bonchev–Trinajstić information content (AvgIpc) is 2.97. The molecule has 1 unspecified atom stereocenters. The van der Waals surface area contributed by atoms with Crippen molar-refractivity contribution in [1.82, 2.24) is 0 Å². The second-order valence-corrected chi connectivity index (χ2v) is 5.35. The van der Waals surface area contributed by atoms with Gasteiger partial charge < -0.3 is 15.2 Å². The van der Waals surface area contributed by atoms with Crippen molar-refractivity contribution >= 4 is 5.91 Å². The first kappa shape index (κ1) is 15.4. The molecule has 2 aromatic carbocycles. The van der Waals surface area contributed by atoms with Gasteiger partial charge in [-0.15, -0.1) is 0 Å². The molecule has 0 aliphatic carbocycles. The molecule has 120 valence electrons. The molecule has 2 aromatic rings. The van der Waals surface area contributed by atoms with Gasteiger partial charge in [-0.2, -0.15) is 0 Å². The minimum atomic E-state index is -0.618. The number of hydrogen-bond donors (Lipinski definition) is 1. The molecular weight excluding hydrogens is 304 g/mol. The third-order valence-electron chi connectivity index (χ3n) is 3.68. The lowest BCUT2D eigenvalue weighted by Gasteiger charge is -2.12. The third-order valence-corrected chi connectivity index (χ3v) is 3.68. The van der Waals surface area contributed by atoms with Gasteiger partial charge in [0, 0.05) is 18.1 Å². The molecule has 2 atom stereocenters. The number of carbonyl (C=O) groups is 1. The number of carbonyl (C=O) groups excluding carboxylic acids is 1. The predicted molar refractivity (Wildman–Crippen MR) is 79.8 cm³/mol. The Morgan fingerprint density at radius 2 is 1.91 bits per heavy atom. The van der Waals surface area contributed by atoms with Gasteiger partial charge in [0.1, 0.15) is 29.6 Å². The second-order valence-electron chi connectivity index (χ2n) is 5.35. The molecule has 1 aliphatic rings. The molecule has 23 heavy (non-hydrogen) atoms. The highest BCUT2D eigenvalue weighted by Crippen LogP contribution is 2.27. The van der Waals surface area contributed by atoms with Gasteiger partial charge in [0.2, 0.25) is 5.91 Å². The zero-order valence-corrected chi connectivity index (χ0v) is 12.2. The van der Waals surface area contributed by atoms with E-state index in [2.05, 4.69) is 0 Å². The molecule has 0 radical (unpaired) electrons. The summed E-state index contributed by atoms with van der Waals surface area (Å²) in [7, 11) is 0. The standard InChI is InChI=1S/C17H15F2NO3/c18-11-3-6-14(15(19)7-11)10-1-4-12(5-2-10)23-13-8-16(17(20)21)22-9-13/h1-7,13,16H,8-9H2,(H2,20,21)/t13-,16?/m0/s1. The summed E-state index contributed by atoms with van der Waals surface area (Å²) in [6.45, 7) is 0.294. The van der Waals surface area contributed by atoms with Crippen LogP contribution in [0.25, 0.3) is 11.1 Å². The Hall–Kier alpha value is -2.47. The Balaban J connectivity index is 1.69. The first-order valence-corrected chi connectivity index (χ1v) is 7.16. The zero-order valence-electron chi connectivity index (χ0n) is 12.2. The van der Waals surface area contributed by atoms with Crippen molar-refractivity contribution in [3.05, 3.63) is 54.1 Å². The minimum Gasteiger partial charge on any atom is -0.488 e. The topological polar surface area (TPSA) is 61.6 Å². The molecule has 0 bridgehead atoms. The van der Waals surface area contributed by atoms with Crippen LogP contribution in [0.2, 0.25) is 0 Å². The van der Waals surface area contributed by atoms with Crippen LogP contribution < -0.4 is 10.5 Å². The van der Waals surface area contributed by atoms with Gasteiger partial charge in [-0.25, -0.2) is 8.78 Å². The molecule has 4 nitrogen and oxygen atoms in total. The van der Waals surface area contributed by atoms with Gasteiger partial charge in [0.15, 0.2) is 0 Å². The second kappa shape index (κ2) is 6.34. The van der Waals surface area contributed by atoms with Crippen molar-refractivity contribution in [2.45, 2.75) is 18.6 Å². The summed E-state index contributed by atoms with van der Waals surface area (Å²) in [4.78, 5) is 11.0. The quantitative estimate of drug-likeness (QED) is 0.942. The summed E-state index contributed by atoms with van der Waals surface area (Å²) in [6.07, 6.45) is -0.461. The number of nitrogens with two attached hydrogens (primary N) is 1. The SMILES string of the molecule is NC(=O)C1C[C@H](Oc2ccc(-c3ccc(F)cc3F)cc2)CO1. The Morgan fingerprint density at radius 3 is 2.52 bits per heavy atom. The number of benzene rings is 2. The fraction of sp³-hybridized carbons (Fsp3) is 0.235. The van der Waals surface area contributed by atoms with Crippen LogP contribution in [0.5, 0.6) is 5.75 Å². The number of halogens is 2. The molecule has 3 rings (SSSR count). The fourth-order valence-electron chi connectivity index (χ4n) is 2.51. The summed E-state index contributed by atoms with van der Waals surface area (Å²) in [5, 5.41) is 0. The van der Waals surface area contributed by atoms with E-state index < -0.39 is 23.6 Å². The first-order chi connectivity index (χ1) is 11.0. The van der Waals surface area contributed by atoms with E-state index in [9.17, 15) is 13.6 Å². The Kier molecular flexibility index (Phi) is 4.25. The molecule has 1 aliphatic heterocycles. The van der Waals surface area contributed by atoms with Crippen molar-refractivity contribution < 1.29 is 23.0 Å². The molecule has 1 amide bonds. The van der Waals surface area contributed by atoms with Crippen molar-refractivity contribution in [3.8, 4) is 16.9 Å². The predicted octanol–water partition coefficient (Wildman–Crippen LogP) is 2.65. The summed E-state index contributed by atoms with van der Waals surface area (Å²) in [5.74, 6) is -1.16. The van der Waals surface area contributed by atoms with E-state index in [1.54, 1.807) is 24.3 Å². The summed E-state index contributed by atoms with van der Waals surface area (Å²) < 4.78 is 37.6. The Labute approximate surface area is 131 Å². The van der Waals surface area contributed by atoms with Gasteiger partial charge in [-0.05, 0) is 29.8 Å². The maximum Gasteiger partial charge on any atom is 0.246 e. The summed E-state index contributed by atoms with van der Waals surface area (Å²) in [5.41, 5.74) is 6.11. The third kappa shape index (κ3) is 3.48. The van der Waals surface area contributed by atoms with Crippen molar-refractivity contribution in [2.24, 2.45) is 5.73 Å². The first-order valence-electron chi connectivity index (χ1n) is 7.16. The normalized spacial score (nSPS) is 20.4. The van der Waals surface area contributed by atoms with Crippen LogP contribution in [0.4, 0.5) is 8.78 Å². The number of ether oxygens (including phenoxy) is 2. The van der Waals surface area contributed by atoms with Crippen LogP contribution in [-0.2, 0) is 9.53 Å². The van der Waals surface area contributed by atoms with E-state index >= 15 is 0 Å². The number of hydrogen-bond acceptors (Lipinski definition) is 3. The van der Waals surface area contributed by atoms with Crippen LogP contribution in [0.15, 0.2) is 42.5 Å². The highest BCUT2D eigenvalue weighted by Gasteiger charge is 2.30. The van der Waals surface area contributed by atoms with Gasteiger partial charge in [-0.3, -0.25) is 4.79 Å².